The van der Waals surface area contributed by atoms with E-state index in [4.69, 9.17) is 9.47 Å². The first-order valence-electron chi connectivity index (χ1n) is 10.9. The summed E-state index contributed by atoms with van der Waals surface area (Å²) in [6.45, 7) is 2.32. The molecule has 2 aromatic rings. The van der Waals surface area contributed by atoms with Crippen molar-refractivity contribution in [3.63, 3.8) is 0 Å². The average Bonchev–Trinajstić information content (AvgIpc) is 2.90. The number of amides is 2. The van der Waals surface area contributed by atoms with E-state index in [-0.39, 0.29) is 27.8 Å². The summed E-state index contributed by atoms with van der Waals surface area (Å²) in [5.74, 6) is -4.60. The fourth-order valence-corrected chi connectivity index (χ4v) is 4.60. The minimum atomic E-state index is -1.31. The van der Waals surface area contributed by atoms with E-state index < -0.39 is 29.7 Å². The molecule has 0 saturated heterocycles. The van der Waals surface area contributed by atoms with Crippen LogP contribution in [0.15, 0.2) is 59.1 Å². The highest BCUT2D eigenvalue weighted by Gasteiger charge is 2.44. The summed E-state index contributed by atoms with van der Waals surface area (Å²) < 4.78 is 9.52. The number of hydrogen-bond donors (Lipinski definition) is 2. The van der Waals surface area contributed by atoms with Crippen LogP contribution in [0.25, 0.3) is 0 Å². The van der Waals surface area contributed by atoms with Gasteiger partial charge in [0.25, 0.3) is 0 Å². The molecule has 2 amide bonds. The van der Waals surface area contributed by atoms with E-state index in [1.165, 1.54) is 19.2 Å². The Labute approximate surface area is 212 Å². The third-order valence-electron chi connectivity index (χ3n) is 5.63. The van der Waals surface area contributed by atoms with Gasteiger partial charge in [-0.3, -0.25) is 14.4 Å². The number of nitriles is 1. The number of esters is 2. The predicted molar refractivity (Wildman–Crippen MR) is 132 cm³/mol. The maximum atomic E-state index is 12.9. The zero-order valence-corrected chi connectivity index (χ0v) is 20.8. The Morgan fingerprint density at radius 1 is 1.06 bits per heavy atom. The smallest absolute Gasteiger partial charge is 0.337 e. The Morgan fingerprint density at radius 3 is 2.31 bits per heavy atom. The van der Waals surface area contributed by atoms with Crippen molar-refractivity contribution in [3.05, 3.63) is 81.4 Å². The monoisotopic (exact) mass is 507 g/mol. The number of nitrogens with zero attached hydrogens (tertiary/aromatic N) is 1. The Kier molecular flexibility index (Phi) is 8.86. The van der Waals surface area contributed by atoms with E-state index in [9.17, 15) is 24.4 Å². The maximum absolute atomic E-state index is 12.9. The quantitative estimate of drug-likeness (QED) is 0.411. The molecule has 1 aliphatic rings. The Bertz CT molecular complexity index is 1230. The zero-order valence-electron chi connectivity index (χ0n) is 20.0. The molecule has 2 aromatic carbocycles. The molecule has 0 spiro atoms. The molecular weight excluding hydrogens is 482 g/mol. The number of methoxy groups -OCH3 is 2. The second-order valence-corrected chi connectivity index (χ2v) is 8.97. The van der Waals surface area contributed by atoms with Gasteiger partial charge in [0, 0.05) is 12.5 Å². The zero-order chi connectivity index (χ0) is 26.2. The molecule has 9 nitrogen and oxygen atoms in total. The lowest BCUT2D eigenvalue weighted by Crippen LogP contribution is -2.44. The summed E-state index contributed by atoms with van der Waals surface area (Å²) in [6.07, 6.45) is 0. The third kappa shape index (κ3) is 6.12. The molecule has 0 saturated carbocycles. The number of hydrogen-bond acceptors (Lipinski definition) is 8. The number of carbonyl (C=O) groups excluding carboxylic acids is 4. The molecule has 2 atom stereocenters. The third-order valence-corrected chi connectivity index (χ3v) is 6.65. The highest BCUT2D eigenvalue weighted by atomic mass is 32.2. The van der Waals surface area contributed by atoms with Crippen molar-refractivity contribution in [1.82, 2.24) is 10.6 Å². The van der Waals surface area contributed by atoms with Crippen LogP contribution in [0.3, 0.4) is 0 Å². The van der Waals surface area contributed by atoms with E-state index in [2.05, 4.69) is 16.7 Å². The van der Waals surface area contributed by atoms with E-state index in [1.807, 2.05) is 31.2 Å². The lowest BCUT2D eigenvalue weighted by Gasteiger charge is -2.31. The Hall–Kier alpha value is -4.10. The average molecular weight is 508 g/mol. The van der Waals surface area contributed by atoms with Gasteiger partial charge < -0.3 is 20.1 Å². The molecule has 3 rings (SSSR count). The van der Waals surface area contributed by atoms with Crippen molar-refractivity contribution in [3.8, 4) is 6.07 Å². The molecule has 1 heterocycles. The van der Waals surface area contributed by atoms with Crippen molar-refractivity contribution < 1.29 is 28.7 Å². The van der Waals surface area contributed by atoms with Gasteiger partial charge in [-0.2, -0.15) is 5.26 Å². The highest BCUT2D eigenvalue weighted by molar-refractivity contribution is 8.03. The molecule has 0 bridgehead atoms. The van der Waals surface area contributed by atoms with Gasteiger partial charge in [0.15, 0.2) is 0 Å². The molecule has 0 unspecified atom stereocenters. The molecular formula is C26H25N3O6S. The van der Waals surface area contributed by atoms with Crippen LogP contribution in [0, 0.1) is 24.2 Å². The number of ether oxygens (including phenoxy) is 2. The molecule has 36 heavy (non-hydrogen) atoms. The summed E-state index contributed by atoms with van der Waals surface area (Å²) in [7, 11) is 2.41. The van der Waals surface area contributed by atoms with Crippen LogP contribution >= 0.6 is 11.8 Å². The fourth-order valence-electron chi connectivity index (χ4n) is 3.72. The normalized spacial score (nSPS) is 17.0. The lowest BCUT2D eigenvalue weighted by atomic mass is 9.78. The van der Waals surface area contributed by atoms with Gasteiger partial charge in [0.1, 0.15) is 5.92 Å². The number of allylic oxidation sites excluding steroid dienone is 1. The Balaban J connectivity index is 1.83. The second-order valence-electron chi connectivity index (χ2n) is 7.99. The van der Waals surface area contributed by atoms with Crippen molar-refractivity contribution in [2.45, 2.75) is 19.4 Å². The van der Waals surface area contributed by atoms with Gasteiger partial charge in [-0.1, -0.05) is 53.7 Å². The first-order valence-corrected chi connectivity index (χ1v) is 11.9. The second kappa shape index (κ2) is 12.0. The van der Waals surface area contributed by atoms with Crippen LogP contribution in [0.4, 0.5) is 0 Å². The SMILES string of the molecule is COC(=O)c1ccc([C@@H]2C(C#N)=C(SCC(=O)NCc3ccc(C)cc3)NC(=O)[C@H]2C(=O)OC)cc1. The predicted octanol–water partition coefficient (Wildman–Crippen LogP) is 2.57. The Morgan fingerprint density at radius 2 is 1.72 bits per heavy atom. The van der Waals surface area contributed by atoms with E-state index in [1.54, 1.807) is 12.1 Å². The van der Waals surface area contributed by atoms with E-state index in [0.717, 1.165) is 30.0 Å². The van der Waals surface area contributed by atoms with Crippen LogP contribution in [0.5, 0.6) is 0 Å². The van der Waals surface area contributed by atoms with Crippen LogP contribution in [0.1, 0.15) is 33.0 Å². The van der Waals surface area contributed by atoms with Gasteiger partial charge in [0.2, 0.25) is 11.8 Å². The molecule has 2 N–H and O–H groups in total. The van der Waals surface area contributed by atoms with Crippen molar-refractivity contribution in [2.75, 3.05) is 20.0 Å². The van der Waals surface area contributed by atoms with Crippen LogP contribution in [-0.2, 0) is 30.4 Å². The summed E-state index contributed by atoms with van der Waals surface area (Å²) >= 11 is 0.998. The number of carbonyl (C=O) groups is 4. The fraction of sp³-hybridized carbons (Fsp3) is 0.269. The lowest BCUT2D eigenvalue weighted by molar-refractivity contribution is -0.150. The van der Waals surface area contributed by atoms with Gasteiger partial charge in [-0.05, 0) is 30.2 Å². The van der Waals surface area contributed by atoms with Gasteiger partial charge in [0.05, 0.1) is 42.2 Å². The van der Waals surface area contributed by atoms with Crippen molar-refractivity contribution >= 4 is 35.5 Å². The highest BCUT2D eigenvalue weighted by Crippen LogP contribution is 2.40. The summed E-state index contributed by atoms with van der Waals surface area (Å²) in [5.41, 5.74) is 2.92. The van der Waals surface area contributed by atoms with Crippen LogP contribution < -0.4 is 10.6 Å². The first-order chi connectivity index (χ1) is 17.3. The number of thioether (sulfide) groups is 1. The van der Waals surface area contributed by atoms with E-state index >= 15 is 0 Å². The summed E-state index contributed by atoms with van der Waals surface area (Å²) in [5, 5.41) is 15.6. The topological polar surface area (TPSA) is 135 Å². The summed E-state index contributed by atoms with van der Waals surface area (Å²) in [4.78, 5) is 49.6. The maximum Gasteiger partial charge on any atom is 0.337 e. The molecule has 0 aromatic heterocycles. The van der Waals surface area contributed by atoms with Gasteiger partial charge in [-0.15, -0.1) is 0 Å². The molecule has 10 heteroatoms. The van der Waals surface area contributed by atoms with Gasteiger partial charge in [-0.25, -0.2) is 4.79 Å². The molecule has 0 aliphatic carbocycles. The van der Waals surface area contributed by atoms with Crippen molar-refractivity contribution in [2.24, 2.45) is 5.92 Å². The molecule has 0 fully saturated rings. The van der Waals surface area contributed by atoms with Crippen LogP contribution in [-0.4, -0.2) is 43.7 Å². The molecule has 1 aliphatic heterocycles. The van der Waals surface area contributed by atoms with Gasteiger partial charge >= 0.3 is 11.9 Å². The molecule has 186 valence electrons. The number of nitrogens with one attached hydrogen (secondary N) is 2. The number of benzene rings is 2. The summed E-state index contributed by atoms with van der Waals surface area (Å²) in [6, 6.07) is 15.9. The number of rotatable bonds is 8. The minimum Gasteiger partial charge on any atom is -0.468 e. The van der Waals surface area contributed by atoms with Crippen molar-refractivity contribution in [1.29, 1.82) is 5.26 Å². The standard InChI is InChI=1S/C26H25N3O6S/c1-15-4-6-16(7-5-15)13-28-20(30)14-36-24-19(12-27)21(22(23(31)29-24)26(33)35-3)17-8-10-18(11-9-17)25(32)34-2/h4-11,21-22H,13-14H2,1-3H3,(H,28,30)(H,29,31)/t21-,22+/m1/s1. The molecule has 0 radical (unpaired) electrons. The largest absolute Gasteiger partial charge is 0.468 e. The first kappa shape index (κ1) is 26.5. The number of aryl methyl sites for hydroxylation is 1. The van der Waals surface area contributed by atoms with Crippen LogP contribution in [0.2, 0.25) is 0 Å². The minimum absolute atomic E-state index is 0.0520. The van der Waals surface area contributed by atoms with E-state index in [0.29, 0.717) is 12.1 Å².